The van der Waals surface area contributed by atoms with Crippen LogP contribution in [0, 0.1) is 0 Å². The second-order valence-corrected chi connectivity index (χ2v) is 3.54. The van der Waals surface area contributed by atoms with Gasteiger partial charge in [-0.25, -0.2) is 0 Å². The highest BCUT2D eigenvalue weighted by Crippen LogP contribution is 2.26. The number of aromatic nitrogens is 1. The first-order chi connectivity index (χ1) is 8.69. The Hall–Kier alpha value is -2.50. The lowest BCUT2D eigenvalue weighted by atomic mass is 10.3. The molecule has 0 radical (unpaired) electrons. The predicted molar refractivity (Wildman–Crippen MR) is 64.1 cm³/mol. The smallest absolute Gasteiger partial charge is 0.309 e. The van der Waals surface area contributed by atoms with Crippen molar-refractivity contribution >= 4 is 17.7 Å². The van der Waals surface area contributed by atoms with E-state index in [-0.39, 0.29) is 12.4 Å². The molecule has 1 heterocycles. The fourth-order valence-corrected chi connectivity index (χ4v) is 1.46. The first-order valence-electron chi connectivity index (χ1n) is 5.25. The zero-order valence-electron chi connectivity index (χ0n) is 9.71. The summed E-state index contributed by atoms with van der Waals surface area (Å²) in [5, 5.41) is 11.5. The van der Waals surface area contributed by atoms with E-state index in [1.165, 1.54) is 6.26 Å². The van der Waals surface area contributed by atoms with E-state index in [0.717, 1.165) is 0 Å². The number of ether oxygens (including phenoxy) is 1. The van der Waals surface area contributed by atoms with Crippen LogP contribution in [-0.2, 0) is 11.2 Å². The molecular weight excluding hydrogens is 236 g/mol. The molecular formula is C12H12N2O4. The Balaban J connectivity index is 2.13. The number of benzene rings is 1. The van der Waals surface area contributed by atoms with Gasteiger partial charge in [0, 0.05) is 0 Å². The highest BCUT2D eigenvalue weighted by Gasteiger charge is 2.09. The van der Waals surface area contributed by atoms with Gasteiger partial charge >= 0.3 is 5.97 Å². The molecule has 0 spiro atoms. The molecule has 18 heavy (non-hydrogen) atoms. The van der Waals surface area contributed by atoms with Crippen LogP contribution >= 0.6 is 0 Å². The average Bonchev–Trinajstić information content (AvgIpc) is 2.76. The van der Waals surface area contributed by atoms with Gasteiger partial charge in [-0.3, -0.25) is 4.79 Å². The number of oxazole rings is 1. The number of carboxylic acid groups (broad SMARTS) is 1. The molecule has 0 bridgehead atoms. The fourth-order valence-electron chi connectivity index (χ4n) is 1.46. The molecule has 0 fully saturated rings. The standard InChI is InChI=1S/C12H12N2O4/c1-17-10-5-3-2-4-9(10)14-12-13-8(7-18-12)6-11(15)16/h2-5,7H,6H2,1H3,(H,13,14)(H,15,16). The summed E-state index contributed by atoms with van der Waals surface area (Å²) >= 11 is 0. The molecule has 0 unspecified atom stereocenters. The number of rotatable bonds is 5. The van der Waals surface area contributed by atoms with Crippen LogP contribution in [0.5, 0.6) is 5.75 Å². The van der Waals surface area contributed by atoms with Crippen molar-refractivity contribution in [3.05, 3.63) is 36.2 Å². The van der Waals surface area contributed by atoms with Crippen molar-refractivity contribution in [1.29, 1.82) is 0 Å². The number of carbonyl (C=O) groups is 1. The molecule has 0 atom stereocenters. The Morgan fingerprint density at radius 2 is 2.28 bits per heavy atom. The first kappa shape index (κ1) is 12.0. The van der Waals surface area contributed by atoms with Crippen LogP contribution in [0.3, 0.4) is 0 Å². The molecule has 2 rings (SSSR count). The van der Waals surface area contributed by atoms with Gasteiger partial charge in [-0.15, -0.1) is 0 Å². The van der Waals surface area contributed by atoms with E-state index in [4.69, 9.17) is 14.3 Å². The van der Waals surface area contributed by atoms with E-state index < -0.39 is 5.97 Å². The molecule has 6 nitrogen and oxygen atoms in total. The van der Waals surface area contributed by atoms with Gasteiger partial charge in [-0.1, -0.05) is 12.1 Å². The molecule has 1 aromatic heterocycles. The predicted octanol–water partition coefficient (Wildman–Crippen LogP) is 2.05. The maximum atomic E-state index is 10.5. The van der Waals surface area contributed by atoms with Crippen LogP contribution in [0.25, 0.3) is 0 Å². The maximum Gasteiger partial charge on any atom is 0.309 e. The second-order valence-electron chi connectivity index (χ2n) is 3.54. The molecule has 1 aromatic carbocycles. The lowest BCUT2D eigenvalue weighted by Gasteiger charge is -2.07. The van der Waals surface area contributed by atoms with E-state index in [9.17, 15) is 4.79 Å². The molecule has 0 saturated heterocycles. The quantitative estimate of drug-likeness (QED) is 0.842. The van der Waals surface area contributed by atoms with E-state index in [0.29, 0.717) is 17.1 Å². The third-order valence-electron chi connectivity index (χ3n) is 2.23. The van der Waals surface area contributed by atoms with E-state index >= 15 is 0 Å². The summed E-state index contributed by atoms with van der Waals surface area (Å²) in [5.41, 5.74) is 1.06. The number of hydrogen-bond acceptors (Lipinski definition) is 5. The number of carboxylic acids is 1. The van der Waals surface area contributed by atoms with Crippen LogP contribution in [0.4, 0.5) is 11.7 Å². The van der Waals surface area contributed by atoms with Crippen molar-refractivity contribution in [3.8, 4) is 5.75 Å². The molecule has 0 saturated carbocycles. The van der Waals surface area contributed by atoms with E-state index in [2.05, 4.69) is 10.3 Å². The fraction of sp³-hybridized carbons (Fsp3) is 0.167. The Morgan fingerprint density at radius 3 is 3.00 bits per heavy atom. The van der Waals surface area contributed by atoms with Gasteiger partial charge in [-0.2, -0.15) is 4.98 Å². The molecule has 0 aliphatic rings. The van der Waals surface area contributed by atoms with Crippen molar-refractivity contribution in [1.82, 2.24) is 4.98 Å². The van der Waals surface area contributed by atoms with Gasteiger partial charge in [-0.05, 0) is 12.1 Å². The first-order valence-corrected chi connectivity index (χ1v) is 5.25. The Kier molecular flexibility index (Phi) is 3.47. The van der Waals surface area contributed by atoms with Crippen LogP contribution in [0.2, 0.25) is 0 Å². The highest BCUT2D eigenvalue weighted by molar-refractivity contribution is 5.69. The number of nitrogens with one attached hydrogen (secondary N) is 1. The third kappa shape index (κ3) is 2.79. The van der Waals surface area contributed by atoms with Gasteiger partial charge < -0.3 is 19.6 Å². The number of methoxy groups -OCH3 is 1. The summed E-state index contributed by atoms with van der Waals surface area (Å²) in [5.74, 6) is -0.303. The number of para-hydroxylation sites is 2. The molecule has 94 valence electrons. The van der Waals surface area contributed by atoms with Crippen molar-refractivity contribution in [2.24, 2.45) is 0 Å². The number of aliphatic carboxylic acids is 1. The van der Waals surface area contributed by atoms with Crippen molar-refractivity contribution in [2.75, 3.05) is 12.4 Å². The Bertz CT molecular complexity index is 551. The SMILES string of the molecule is COc1ccccc1Nc1nc(CC(=O)O)co1. The van der Waals surface area contributed by atoms with Gasteiger partial charge in [0.25, 0.3) is 6.01 Å². The molecule has 0 aliphatic carbocycles. The largest absolute Gasteiger partial charge is 0.495 e. The lowest BCUT2D eigenvalue weighted by molar-refractivity contribution is -0.136. The van der Waals surface area contributed by atoms with E-state index in [1.807, 2.05) is 12.1 Å². The highest BCUT2D eigenvalue weighted by atomic mass is 16.5. The molecule has 2 N–H and O–H groups in total. The maximum absolute atomic E-state index is 10.5. The molecule has 2 aromatic rings. The minimum absolute atomic E-state index is 0.170. The number of nitrogens with zero attached hydrogens (tertiary/aromatic N) is 1. The number of anilines is 2. The van der Waals surface area contributed by atoms with Crippen LogP contribution in [-0.4, -0.2) is 23.2 Å². The lowest BCUT2D eigenvalue weighted by Crippen LogP contribution is -2.00. The molecule has 6 heteroatoms. The third-order valence-corrected chi connectivity index (χ3v) is 2.23. The minimum atomic E-state index is -0.952. The van der Waals surface area contributed by atoms with Crippen molar-refractivity contribution < 1.29 is 19.1 Å². The average molecular weight is 248 g/mol. The summed E-state index contributed by atoms with van der Waals surface area (Å²) in [6.45, 7) is 0. The monoisotopic (exact) mass is 248 g/mol. The van der Waals surface area contributed by atoms with Gasteiger partial charge in [0.2, 0.25) is 0 Å². The minimum Gasteiger partial charge on any atom is -0.495 e. The summed E-state index contributed by atoms with van der Waals surface area (Å²) in [4.78, 5) is 14.5. The van der Waals surface area contributed by atoms with Gasteiger partial charge in [0.1, 0.15) is 12.0 Å². The van der Waals surface area contributed by atoms with Crippen LogP contribution < -0.4 is 10.1 Å². The zero-order chi connectivity index (χ0) is 13.0. The second kappa shape index (κ2) is 5.22. The molecule has 0 amide bonds. The van der Waals surface area contributed by atoms with E-state index in [1.54, 1.807) is 19.2 Å². The van der Waals surface area contributed by atoms with Gasteiger partial charge in [0.15, 0.2) is 0 Å². The molecule has 0 aliphatic heterocycles. The summed E-state index contributed by atoms with van der Waals surface area (Å²) in [6.07, 6.45) is 1.14. The van der Waals surface area contributed by atoms with Crippen molar-refractivity contribution in [3.63, 3.8) is 0 Å². The topological polar surface area (TPSA) is 84.6 Å². The Morgan fingerprint density at radius 1 is 1.50 bits per heavy atom. The van der Waals surface area contributed by atoms with Crippen LogP contribution in [0.15, 0.2) is 34.9 Å². The van der Waals surface area contributed by atoms with Gasteiger partial charge in [0.05, 0.1) is 24.9 Å². The normalized spacial score (nSPS) is 10.1. The number of hydrogen-bond donors (Lipinski definition) is 2. The zero-order valence-corrected chi connectivity index (χ0v) is 9.71. The summed E-state index contributed by atoms with van der Waals surface area (Å²) in [6, 6.07) is 7.51. The van der Waals surface area contributed by atoms with Crippen molar-refractivity contribution in [2.45, 2.75) is 6.42 Å². The summed E-state index contributed by atoms with van der Waals surface area (Å²) in [7, 11) is 1.56. The Labute approximate surface area is 103 Å². The van der Waals surface area contributed by atoms with Crippen LogP contribution in [0.1, 0.15) is 5.69 Å². The summed E-state index contributed by atoms with van der Waals surface area (Å²) < 4.78 is 10.3.